The van der Waals surface area contributed by atoms with Crippen LogP contribution in [-0.2, 0) is 27.1 Å². The van der Waals surface area contributed by atoms with Gasteiger partial charge in [-0.3, -0.25) is 9.59 Å². The lowest BCUT2D eigenvalue weighted by Crippen LogP contribution is -2.30. The lowest BCUT2D eigenvalue weighted by molar-refractivity contribution is -0.177. The standard InChI is InChI=1S/C18H15F6NO4/c19-17(20,21)7-29-6-11-10(3-4-12(25-11)18(22,23)24)16(28)13-14(26)8-1-2-9(5-8)15(13)27/h3-4,8-9,28H,1-2,5-7H2. The van der Waals surface area contributed by atoms with Gasteiger partial charge < -0.3 is 9.84 Å². The number of aromatic nitrogens is 1. The molecule has 2 fully saturated rings. The Morgan fingerprint density at radius 1 is 1.07 bits per heavy atom. The highest BCUT2D eigenvalue weighted by atomic mass is 19.4. The third-order valence-corrected chi connectivity index (χ3v) is 4.93. The van der Waals surface area contributed by atoms with Gasteiger partial charge in [-0.2, -0.15) is 26.3 Å². The molecule has 2 aliphatic rings. The van der Waals surface area contributed by atoms with Crippen LogP contribution in [0.15, 0.2) is 17.7 Å². The second-order valence-electron chi connectivity index (χ2n) is 6.96. The van der Waals surface area contributed by atoms with Crippen LogP contribution in [0.2, 0.25) is 0 Å². The zero-order valence-electron chi connectivity index (χ0n) is 14.7. The van der Waals surface area contributed by atoms with Crippen molar-refractivity contribution in [3.63, 3.8) is 0 Å². The van der Waals surface area contributed by atoms with Gasteiger partial charge in [-0.1, -0.05) is 0 Å². The molecule has 0 saturated heterocycles. The van der Waals surface area contributed by atoms with E-state index in [-0.39, 0.29) is 0 Å². The van der Waals surface area contributed by atoms with Crippen molar-refractivity contribution in [3.05, 3.63) is 34.7 Å². The molecule has 2 saturated carbocycles. The van der Waals surface area contributed by atoms with Gasteiger partial charge in [-0.15, -0.1) is 0 Å². The molecule has 29 heavy (non-hydrogen) atoms. The molecule has 1 aromatic heterocycles. The Morgan fingerprint density at radius 3 is 2.17 bits per heavy atom. The Kier molecular flexibility index (Phi) is 5.46. The molecular formula is C18H15F6NO4. The number of hydrogen-bond acceptors (Lipinski definition) is 5. The Labute approximate surface area is 160 Å². The number of nitrogens with zero attached hydrogens (tertiary/aromatic N) is 1. The zero-order chi connectivity index (χ0) is 21.6. The highest BCUT2D eigenvalue weighted by Gasteiger charge is 2.45. The zero-order valence-corrected chi connectivity index (χ0v) is 14.7. The number of alkyl halides is 6. The number of carbonyl (C=O) groups excluding carboxylic acids is 2. The molecule has 2 atom stereocenters. The number of pyridine rings is 1. The van der Waals surface area contributed by atoms with E-state index < -0.39 is 77.3 Å². The van der Waals surface area contributed by atoms with Crippen LogP contribution in [0.4, 0.5) is 26.3 Å². The average molecular weight is 423 g/mol. The van der Waals surface area contributed by atoms with Crippen LogP contribution in [0.1, 0.15) is 36.2 Å². The predicted molar refractivity (Wildman–Crippen MR) is 85.3 cm³/mol. The molecular weight excluding hydrogens is 408 g/mol. The van der Waals surface area contributed by atoms with Crippen molar-refractivity contribution in [1.82, 2.24) is 4.98 Å². The highest BCUT2D eigenvalue weighted by Crippen LogP contribution is 2.42. The first-order valence-corrected chi connectivity index (χ1v) is 8.62. The summed E-state index contributed by atoms with van der Waals surface area (Å²) in [5, 5.41) is 10.5. The number of aliphatic hydroxyl groups excluding tert-OH is 1. The lowest BCUT2D eigenvalue weighted by atomic mass is 9.81. The van der Waals surface area contributed by atoms with Crippen LogP contribution < -0.4 is 0 Å². The van der Waals surface area contributed by atoms with Crippen LogP contribution in [0, 0.1) is 11.8 Å². The molecule has 0 aliphatic heterocycles. The molecule has 1 N–H and O–H groups in total. The van der Waals surface area contributed by atoms with Gasteiger partial charge in [0.15, 0.2) is 11.6 Å². The minimum absolute atomic E-state index is 0.348. The fraction of sp³-hybridized carbons (Fsp3) is 0.500. The maximum absolute atomic E-state index is 12.9. The third kappa shape index (κ3) is 4.44. The monoisotopic (exact) mass is 423 g/mol. The number of ether oxygens (including phenoxy) is 1. The number of hydrogen-bond donors (Lipinski definition) is 1. The summed E-state index contributed by atoms with van der Waals surface area (Å²) in [4.78, 5) is 28.2. The lowest BCUT2D eigenvalue weighted by Gasteiger charge is -2.21. The molecule has 1 aromatic rings. The number of fused-ring (bicyclic) bond motifs is 2. The van der Waals surface area contributed by atoms with Crippen LogP contribution in [0.25, 0.3) is 5.76 Å². The van der Waals surface area contributed by atoms with E-state index in [4.69, 9.17) is 0 Å². The van der Waals surface area contributed by atoms with E-state index in [1.165, 1.54) is 0 Å². The Morgan fingerprint density at radius 2 is 1.66 bits per heavy atom. The number of rotatable bonds is 4. The Bertz CT molecular complexity index is 850. The first-order valence-electron chi connectivity index (χ1n) is 8.62. The largest absolute Gasteiger partial charge is 0.506 e. The molecule has 5 nitrogen and oxygen atoms in total. The topological polar surface area (TPSA) is 76.5 Å². The highest BCUT2D eigenvalue weighted by molar-refractivity contribution is 6.27. The number of aliphatic hydroxyl groups is 1. The minimum Gasteiger partial charge on any atom is -0.506 e. The van der Waals surface area contributed by atoms with Crippen LogP contribution in [0.5, 0.6) is 0 Å². The van der Waals surface area contributed by atoms with E-state index in [0.29, 0.717) is 25.3 Å². The van der Waals surface area contributed by atoms with E-state index in [1.54, 1.807) is 0 Å². The molecule has 0 radical (unpaired) electrons. The summed E-state index contributed by atoms with van der Waals surface area (Å²) >= 11 is 0. The Balaban J connectivity index is 2.02. The molecule has 0 aromatic carbocycles. The van der Waals surface area contributed by atoms with Gasteiger partial charge in [0, 0.05) is 17.4 Å². The minimum atomic E-state index is -4.89. The summed E-state index contributed by atoms with van der Waals surface area (Å²) in [5.74, 6) is -3.07. The van der Waals surface area contributed by atoms with Gasteiger partial charge in [-0.25, -0.2) is 4.98 Å². The molecule has 158 valence electrons. The maximum Gasteiger partial charge on any atom is 0.433 e. The SMILES string of the molecule is O=C1C(=C(O)c2ccc(C(F)(F)F)nc2COCC(F)(F)F)C(=O)C2CCC1C2. The van der Waals surface area contributed by atoms with E-state index in [0.717, 1.165) is 6.07 Å². The number of Topliss-reactive ketones (excluding diaryl/α,β-unsaturated/α-hetero) is 2. The molecule has 2 bridgehead atoms. The van der Waals surface area contributed by atoms with Crippen molar-refractivity contribution in [2.24, 2.45) is 11.8 Å². The first-order chi connectivity index (χ1) is 13.4. The van der Waals surface area contributed by atoms with E-state index in [9.17, 15) is 41.0 Å². The van der Waals surface area contributed by atoms with E-state index >= 15 is 0 Å². The van der Waals surface area contributed by atoms with E-state index in [1.807, 2.05) is 0 Å². The smallest absolute Gasteiger partial charge is 0.433 e. The van der Waals surface area contributed by atoms with Gasteiger partial charge in [-0.05, 0) is 31.4 Å². The summed E-state index contributed by atoms with van der Waals surface area (Å²) in [7, 11) is 0. The molecule has 11 heteroatoms. The third-order valence-electron chi connectivity index (χ3n) is 4.93. The number of carbonyl (C=O) groups is 2. The van der Waals surface area contributed by atoms with Crippen molar-refractivity contribution >= 4 is 17.3 Å². The second-order valence-corrected chi connectivity index (χ2v) is 6.96. The summed E-state index contributed by atoms with van der Waals surface area (Å²) < 4.78 is 80.1. The average Bonchev–Trinajstić information content (AvgIpc) is 3.05. The molecule has 2 aliphatic carbocycles. The fourth-order valence-electron chi connectivity index (χ4n) is 3.60. The van der Waals surface area contributed by atoms with Crippen LogP contribution in [-0.4, -0.2) is 34.4 Å². The summed E-state index contributed by atoms with van der Waals surface area (Å²) in [6, 6.07) is 1.27. The summed E-state index contributed by atoms with van der Waals surface area (Å²) in [6.07, 6.45) is -8.36. The van der Waals surface area contributed by atoms with Crippen LogP contribution >= 0.6 is 0 Å². The predicted octanol–water partition coefficient (Wildman–Crippen LogP) is 4.02. The molecule has 3 rings (SSSR count). The van der Waals surface area contributed by atoms with Gasteiger partial charge >= 0.3 is 12.4 Å². The molecule has 0 amide bonds. The Hall–Kier alpha value is -2.43. The molecule has 1 heterocycles. The molecule has 2 unspecified atom stereocenters. The summed E-state index contributed by atoms with van der Waals surface area (Å²) in [5.41, 5.74) is -3.06. The first kappa shape index (κ1) is 21.3. The van der Waals surface area contributed by atoms with Crippen molar-refractivity contribution in [3.8, 4) is 0 Å². The van der Waals surface area contributed by atoms with Crippen molar-refractivity contribution in [1.29, 1.82) is 0 Å². The van der Waals surface area contributed by atoms with Gasteiger partial charge in [0.2, 0.25) is 0 Å². The molecule has 0 spiro atoms. The van der Waals surface area contributed by atoms with Crippen molar-refractivity contribution in [2.45, 2.75) is 38.2 Å². The van der Waals surface area contributed by atoms with Gasteiger partial charge in [0.05, 0.1) is 12.3 Å². The summed E-state index contributed by atoms with van der Waals surface area (Å²) in [6.45, 7) is -2.75. The second kappa shape index (κ2) is 7.43. The number of allylic oxidation sites excluding steroid dienone is 1. The number of halogens is 6. The van der Waals surface area contributed by atoms with Crippen molar-refractivity contribution in [2.75, 3.05) is 6.61 Å². The normalized spacial score (nSPS) is 22.3. The maximum atomic E-state index is 12.9. The van der Waals surface area contributed by atoms with Gasteiger partial charge in [0.1, 0.15) is 23.6 Å². The fourth-order valence-corrected chi connectivity index (χ4v) is 3.60. The van der Waals surface area contributed by atoms with E-state index in [2.05, 4.69) is 9.72 Å². The van der Waals surface area contributed by atoms with Crippen LogP contribution in [0.3, 0.4) is 0 Å². The quantitative estimate of drug-likeness (QED) is 0.343. The van der Waals surface area contributed by atoms with Gasteiger partial charge in [0.25, 0.3) is 0 Å². The number of ketones is 2. The van der Waals surface area contributed by atoms with Crippen molar-refractivity contribution < 1.29 is 45.8 Å².